The molecule has 0 spiro atoms. The number of nitrogens with zero attached hydrogens (tertiary/aromatic N) is 1. The van der Waals surface area contributed by atoms with Crippen molar-refractivity contribution in [1.82, 2.24) is 4.72 Å². The number of benzene rings is 2. The summed E-state index contributed by atoms with van der Waals surface area (Å²) in [5, 5.41) is 0. The Morgan fingerprint density at radius 3 is 2.00 bits per heavy atom. The van der Waals surface area contributed by atoms with E-state index in [0.717, 1.165) is 36.2 Å². The van der Waals surface area contributed by atoms with E-state index in [-0.39, 0.29) is 10.9 Å². The van der Waals surface area contributed by atoms with Gasteiger partial charge in [-0.2, -0.15) is 8.42 Å². The van der Waals surface area contributed by atoms with Gasteiger partial charge in [0.2, 0.25) is 10.0 Å². The fourth-order valence-corrected chi connectivity index (χ4v) is 4.07. The number of anilines is 2. The van der Waals surface area contributed by atoms with Gasteiger partial charge < -0.3 is 10.6 Å². The molecule has 1 atom stereocenters. The topological polar surface area (TPSA) is 130 Å². The van der Waals surface area contributed by atoms with Crippen molar-refractivity contribution in [3.05, 3.63) is 53.6 Å². The Balaban J connectivity index is 0.000000346. The van der Waals surface area contributed by atoms with Crippen LogP contribution in [0.4, 0.5) is 11.4 Å². The number of sulfonamides is 1. The van der Waals surface area contributed by atoms with Gasteiger partial charge in [0.05, 0.1) is 11.2 Å². The van der Waals surface area contributed by atoms with E-state index in [4.69, 9.17) is 10.3 Å². The third kappa shape index (κ3) is 8.31. The zero-order chi connectivity index (χ0) is 23.1. The summed E-state index contributed by atoms with van der Waals surface area (Å²) in [5.74, 6) is 0. The molecule has 30 heavy (non-hydrogen) atoms. The van der Waals surface area contributed by atoms with Crippen LogP contribution in [-0.2, 0) is 20.1 Å². The molecule has 0 fully saturated rings. The Morgan fingerprint density at radius 2 is 1.57 bits per heavy atom. The Morgan fingerprint density at radius 1 is 1.03 bits per heavy atom. The lowest BCUT2D eigenvalue weighted by Crippen LogP contribution is -2.27. The van der Waals surface area contributed by atoms with Gasteiger partial charge in [-0.1, -0.05) is 17.7 Å². The third-order valence-corrected chi connectivity index (χ3v) is 6.02. The summed E-state index contributed by atoms with van der Waals surface area (Å²) < 4.78 is 54.7. The van der Waals surface area contributed by atoms with Crippen LogP contribution in [-0.4, -0.2) is 40.7 Å². The lowest BCUT2D eigenvalue weighted by atomic mass is 10.1. The molecule has 0 saturated heterocycles. The second-order valence-electron chi connectivity index (χ2n) is 6.89. The molecular formula is C20H31N3O5S2. The average molecular weight is 458 g/mol. The van der Waals surface area contributed by atoms with Crippen molar-refractivity contribution in [3.63, 3.8) is 0 Å². The zero-order valence-corrected chi connectivity index (χ0v) is 19.6. The summed E-state index contributed by atoms with van der Waals surface area (Å²) in [6.07, 6.45) is 1.15. The van der Waals surface area contributed by atoms with E-state index < -0.39 is 20.1 Å². The highest BCUT2D eigenvalue weighted by Gasteiger charge is 2.15. The standard InChI is InChI=1S/C13H23N3O2S.C7H8O3S/c1-5-16(6-2)11-7-8-13(14)12(9-11)10(3)15-19(4,17)18;1-6-2-4-7(5-3-6)11(8,9)10/h7-10,15H,5-6,14H2,1-4H3;2-5H,1H3,(H,8,9,10). The molecule has 4 N–H and O–H groups in total. The molecule has 1 unspecified atom stereocenters. The first-order chi connectivity index (χ1) is 13.8. The summed E-state index contributed by atoms with van der Waals surface area (Å²) in [7, 11) is -7.27. The number of hydrogen-bond acceptors (Lipinski definition) is 6. The monoisotopic (exact) mass is 457 g/mol. The zero-order valence-electron chi connectivity index (χ0n) is 18.0. The fourth-order valence-electron chi connectivity index (χ4n) is 2.82. The van der Waals surface area contributed by atoms with Crippen molar-refractivity contribution >= 4 is 31.5 Å². The minimum absolute atomic E-state index is 0.0666. The number of nitrogens with two attached hydrogens (primary N) is 1. The highest BCUT2D eigenvalue weighted by Crippen LogP contribution is 2.26. The van der Waals surface area contributed by atoms with Crippen molar-refractivity contribution in [2.24, 2.45) is 0 Å². The van der Waals surface area contributed by atoms with Crippen molar-refractivity contribution in [1.29, 1.82) is 0 Å². The molecule has 0 amide bonds. The van der Waals surface area contributed by atoms with Gasteiger partial charge in [-0.25, -0.2) is 13.1 Å². The van der Waals surface area contributed by atoms with Gasteiger partial charge in [-0.05, 0) is 63.6 Å². The molecule has 0 aliphatic rings. The smallest absolute Gasteiger partial charge is 0.294 e. The Labute approximate surface area is 179 Å². The second kappa shape index (κ2) is 10.8. The van der Waals surface area contributed by atoms with E-state index >= 15 is 0 Å². The van der Waals surface area contributed by atoms with E-state index in [2.05, 4.69) is 23.5 Å². The SMILES string of the molecule is CCN(CC)c1ccc(N)c(C(C)NS(C)(=O)=O)c1.Cc1ccc(S(=O)(=O)O)cc1. The molecule has 10 heteroatoms. The molecule has 168 valence electrons. The lowest BCUT2D eigenvalue weighted by molar-refractivity contribution is 0.483. The molecule has 0 radical (unpaired) electrons. The van der Waals surface area contributed by atoms with Gasteiger partial charge in [-0.3, -0.25) is 4.55 Å². The van der Waals surface area contributed by atoms with E-state index in [0.29, 0.717) is 5.69 Å². The number of hydrogen-bond donors (Lipinski definition) is 3. The van der Waals surface area contributed by atoms with Crippen LogP contribution in [0.3, 0.4) is 0 Å². The molecule has 0 aromatic heterocycles. The van der Waals surface area contributed by atoms with Gasteiger partial charge in [0.1, 0.15) is 0 Å². The van der Waals surface area contributed by atoms with Crippen LogP contribution in [0.25, 0.3) is 0 Å². The molecule has 2 aromatic carbocycles. The molecule has 8 nitrogen and oxygen atoms in total. The normalized spacial score (nSPS) is 12.6. The Kier molecular flexibility index (Phi) is 9.29. The molecule has 0 aliphatic carbocycles. The minimum atomic E-state index is -4.02. The summed E-state index contributed by atoms with van der Waals surface area (Å²) in [6, 6.07) is 11.4. The van der Waals surface area contributed by atoms with Crippen LogP contribution in [0.2, 0.25) is 0 Å². The van der Waals surface area contributed by atoms with E-state index in [1.54, 1.807) is 19.1 Å². The Hall–Kier alpha value is -2.14. The predicted molar refractivity (Wildman–Crippen MR) is 122 cm³/mol. The first-order valence-electron chi connectivity index (χ1n) is 9.44. The van der Waals surface area contributed by atoms with Crippen LogP contribution >= 0.6 is 0 Å². The lowest BCUT2D eigenvalue weighted by Gasteiger charge is -2.23. The van der Waals surface area contributed by atoms with Gasteiger partial charge in [0, 0.05) is 30.5 Å². The van der Waals surface area contributed by atoms with Crippen LogP contribution < -0.4 is 15.4 Å². The molecule has 0 heterocycles. The summed E-state index contributed by atoms with van der Waals surface area (Å²) >= 11 is 0. The summed E-state index contributed by atoms with van der Waals surface area (Å²) in [5.41, 5.74) is 9.34. The largest absolute Gasteiger partial charge is 0.398 e. The maximum absolute atomic E-state index is 11.3. The average Bonchev–Trinajstić information content (AvgIpc) is 2.62. The minimum Gasteiger partial charge on any atom is -0.398 e. The third-order valence-electron chi connectivity index (χ3n) is 4.38. The summed E-state index contributed by atoms with van der Waals surface area (Å²) in [4.78, 5) is 2.12. The maximum atomic E-state index is 11.3. The van der Waals surface area contributed by atoms with Crippen molar-refractivity contribution in [3.8, 4) is 0 Å². The quantitative estimate of drug-likeness (QED) is 0.430. The van der Waals surface area contributed by atoms with Crippen LogP contribution in [0.5, 0.6) is 0 Å². The first-order valence-corrected chi connectivity index (χ1v) is 12.8. The fraction of sp³-hybridized carbons (Fsp3) is 0.400. The van der Waals surface area contributed by atoms with Crippen molar-refractivity contribution < 1.29 is 21.4 Å². The summed E-state index contributed by atoms with van der Waals surface area (Å²) in [6.45, 7) is 9.59. The van der Waals surface area contributed by atoms with E-state index in [1.165, 1.54) is 12.1 Å². The van der Waals surface area contributed by atoms with E-state index in [9.17, 15) is 16.8 Å². The van der Waals surface area contributed by atoms with Crippen LogP contribution in [0.15, 0.2) is 47.4 Å². The molecule has 0 bridgehead atoms. The van der Waals surface area contributed by atoms with Crippen molar-refractivity contribution in [2.75, 3.05) is 30.0 Å². The number of rotatable bonds is 7. The molecule has 2 aromatic rings. The number of nitrogens with one attached hydrogen (secondary N) is 1. The highest BCUT2D eigenvalue weighted by atomic mass is 32.2. The first kappa shape index (κ1) is 25.9. The van der Waals surface area contributed by atoms with Crippen molar-refractivity contribution in [2.45, 2.75) is 38.6 Å². The molecule has 0 saturated carbocycles. The van der Waals surface area contributed by atoms with Gasteiger partial charge in [0.15, 0.2) is 0 Å². The maximum Gasteiger partial charge on any atom is 0.294 e. The molecular weight excluding hydrogens is 426 g/mol. The second-order valence-corrected chi connectivity index (χ2v) is 10.1. The van der Waals surface area contributed by atoms with Crippen LogP contribution in [0.1, 0.15) is 37.9 Å². The number of nitrogen functional groups attached to an aromatic ring is 1. The van der Waals surface area contributed by atoms with Crippen LogP contribution in [0, 0.1) is 6.92 Å². The Bertz CT molecular complexity index is 1030. The molecule has 2 rings (SSSR count). The van der Waals surface area contributed by atoms with Gasteiger partial charge in [-0.15, -0.1) is 0 Å². The number of aryl methyl sites for hydroxylation is 1. The highest BCUT2D eigenvalue weighted by molar-refractivity contribution is 7.88. The van der Waals surface area contributed by atoms with Gasteiger partial charge in [0.25, 0.3) is 10.1 Å². The predicted octanol–water partition coefficient (Wildman–Crippen LogP) is 2.97. The van der Waals surface area contributed by atoms with E-state index in [1.807, 2.05) is 25.1 Å². The molecule has 0 aliphatic heterocycles. The van der Waals surface area contributed by atoms with Gasteiger partial charge >= 0.3 is 0 Å².